The third-order valence-corrected chi connectivity index (χ3v) is 5.25. The minimum Gasteiger partial charge on any atom is -0.496 e. The summed E-state index contributed by atoms with van der Waals surface area (Å²) >= 11 is 1.50. The number of rotatable bonds is 2. The van der Waals surface area contributed by atoms with E-state index >= 15 is 0 Å². The van der Waals surface area contributed by atoms with Crippen LogP contribution in [-0.2, 0) is 14.3 Å². The predicted octanol–water partition coefficient (Wildman–Crippen LogP) is 2.82. The highest BCUT2D eigenvalue weighted by Crippen LogP contribution is 2.40. The second-order valence-corrected chi connectivity index (χ2v) is 6.55. The number of allylic oxidation sites excluding steroid dienone is 1. The summed E-state index contributed by atoms with van der Waals surface area (Å²) in [5.74, 6) is 0.388. The number of hydrogen-bond acceptors (Lipinski definition) is 5. The number of Topliss-reactive ketones (excluding diaryl/α,β-unsaturated/α-hetero) is 1. The zero-order valence-corrected chi connectivity index (χ0v) is 12.8. The molecule has 0 N–H and O–H groups in total. The smallest absolute Gasteiger partial charge is 0.176 e. The maximum Gasteiger partial charge on any atom is 0.176 e. The van der Waals surface area contributed by atoms with Gasteiger partial charge in [0.05, 0.1) is 23.9 Å². The first-order valence-corrected chi connectivity index (χ1v) is 7.83. The first kappa shape index (κ1) is 13.8. The van der Waals surface area contributed by atoms with E-state index in [0.717, 1.165) is 23.5 Å². The van der Waals surface area contributed by atoms with E-state index in [1.54, 1.807) is 13.4 Å². The van der Waals surface area contributed by atoms with Gasteiger partial charge in [-0.05, 0) is 19.3 Å². The number of thiazole rings is 1. The van der Waals surface area contributed by atoms with E-state index in [0.29, 0.717) is 5.57 Å². The number of ketones is 1. The number of fused-ring (bicyclic) bond motifs is 1. The molecule has 0 bridgehead atoms. The number of ether oxygens (including phenoxy) is 2. The molecule has 20 heavy (non-hydrogen) atoms. The molecule has 1 aliphatic carbocycles. The molecular formula is C15H19NO3S. The van der Waals surface area contributed by atoms with Gasteiger partial charge in [-0.15, -0.1) is 11.3 Å². The Morgan fingerprint density at radius 1 is 1.45 bits per heavy atom. The minimum atomic E-state index is -0.0643. The number of methoxy groups -OCH3 is 1. The molecule has 1 aromatic heterocycles. The standard InChI is InChI=1S/C15H19NO3S/c1-8-4-10(18-3)5-12-13(8)14(17)11(6-19-12)15-16-9(2)7-20-15/h6-8,10,12-13H,4-5H2,1-3H3. The van der Waals surface area contributed by atoms with Crippen molar-refractivity contribution in [3.8, 4) is 0 Å². The monoisotopic (exact) mass is 293 g/mol. The molecule has 1 saturated carbocycles. The highest BCUT2D eigenvalue weighted by molar-refractivity contribution is 7.11. The van der Waals surface area contributed by atoms with Crippen molar-refractivity contribution < 1.29 is 14.3 Å². The van der Waals surface area contributed by atoms with Gasteiger partial charge in [-0.1, -0.05) is 6.92 Å². The minimum absolute atomic E-state index is 0.0546. The highest BCUT2D eigenvalue weighted by Gasteiger charge is 2.44. The van der Waals surface area contributed by atoms with Gasteiger partial charge in [0.2, 0.25) is 0 Å². The second-order valence-electron chi connectivity index (χ2n) is 5.70. The summed E-state index contributed by atoms with van der Waals surface area (Å²) in [6.45, 7) is 4.05. The summed E-state index contributed by atoms with van der Waals surface area (Å²) in [7, 11) is 1.72. The van der Waals surface area contributed by atoms with E-state index in [2.05, 4.69) is 11.9 Å². The van der Waals surface area contributed by atoms with E-state index in [4.69, 9.17) is 9.47 Å². The molecule has 2 heterocycles. The van der Waals surface area contributed by atoms with Crippen LogP contribution in [0.25, 0.3) is 5.57 Å². The number of hydrogen-bond donors (Lipinski definition) is 0. The maximum atomic E-state index is 12.8. The molecule has 0 aromatic carbocycles. The molecule has 5 heteroatoms. The Morgan fingerprint density at radius 3 is 2.90 bits per heavy atom. The lowest BCUT2D eigenvalue weighted by Crippen LogP contribution is -2.45. The Kier molecular flexibility index (Phi) is 3.65. The van der Waals surface area contributed by atoms with Crippen LogP contribution in [0.15, 0.2) is 11.6 Å². The van der Waals surface area contributed by atoms with Crippen LogP contribution in [0.5, 0.6) is 0 Å². The summed E-state index contributed by atoms with van der Waals surface area (Å²) in [5.41, 5.74) is 1.57. The zero-order chi connectivity index (χ0) is 14.3. The molecule has 4 atom stereocenters. The number of aromatic nitrogens is 1. The average Bonchev–Trinajstić information content (AvgIpc) is 2.84. The van der Waals surface area contributed by atoms with Gasteiger partial charge in [0.25, 0.3) is 0 Å². The second kappa shape index (κ2) is 5.30. The van der Waals surface area contributed by atoms with Crippen molar-refractivity contribution in [1.82, 2.24) is 4.98 Å². The molecule has 1 fully saturated rings. The van der Waals surface area contributed by atoms with Crippen LogP contribution in [0, 0.1) is 18.8 Å². The van der Waals surface area contributed by atoms with Gasteiger partial charge in [0.15, 0.2) is 5.78 Å². The van der Waals surface area contributed by atoms with Crippen molar-refractivity contribution in [2.45, 2.75) is 38.9 Å². The first-order valence-electron chi connectivity index (χ1n) is 6.95. The topological polar surface area (TPSA) is 48.4 Å². The van der Waals surface area contributed by atoms with Crippen molar-refractivity contribution in [2.75, 3.05) is 7.11 Å². The van der Waals surface area contributed by atoms with Crippen LogP contribution >= 0.6 is 11.3 Å². The summed E-state index contributed by atoms with van der Waals surface area (Å²) < 4.78 is 11.3. The Hall–Kier alpha value is -1.20. The van der Waals surface area contributed by atoms with Crippen LogP contribution in [-0.4, -0.2) is 30.1 Å². The molecule has 4 unspecified atom stereocenters. The average molecular weight is 293 g/mol. The van der Waals surface area contributed by atoms with Crippen LogP contribution in [0.2, 0.25) is 0 Å². The molecule has 108 valence electrons. The Balaban J connectivity index is 1.88. The van der Waals surface area contributed by atoms with Gasteiger partial charge in [0.1, 0.15) is 11.1 Å². The molecule has 0 spiro atoms. The lowest BCUT2D eigenvalue weighted by Gasteiger charge is -2.40. The number of carbonyl (C=O) groups is 1. The fraction of sp³-hybridized carbons (Fsp3) is 0.600. The van der Waals surface area contributed by atoms with E-state index in [-0.39, 0.29) is 29.8 Å². The number of aryl methyl sites for hydroxylation is 1. The molecule has 1 aromatic rings. The SMILES string of the molecule is COC1CC(C)C2C(=O)C(c3nc(C)cs3)=COC2C1. The van der Waals surface area contributed by atoms with Crippen LogP contribution < -0.4 is 0 Å². The molecule has 0 saturated heterocycles. The largest absolute Gasteiger partial charge is 0.496 e. The summed E-state index contributed by atoms with van der Waals surface area (Å²) in [4.78, 5) is 17.2. The summed E-state index contributed by atoms with van der Waals surface area (Å²) in [6.07, 6.45) is 3.44. The van der Waals surface area contributed by atoms with Crippen molar-refractivity contribution >= 4 is 22.7 Å². The lowest BCUT2D eigenvalue weighted by atomic mass is 9.72. The number of carbonyl (C=O) groups excluding carboxylic acids is 1. The fourth-order valence-electron chi connectivity index (χ4n) is 3.22. The fourth-order valence-corrected chi connectivity index (χ4v) is 4.02. The van der Waals surface area contributed by atoms with Gasteiger partial charge in [-0.3, -0.25) is 4.79 Å². The highest BCUT2D eigenvalue weighted by atomic mass is 32.1. The van der Waals surface area contributed by atoms with Crippen molar-refractivity contribution in [2.24, 2.45) is 11.8 Å². The third-order valence-electron chi connectivity index (χ3n) is 4.26. The quantitative estimate of drug-likeness (QED) is 0.841. The normalized spacial score (nSPS) is 33.4. The first-order chi connectivity index (χ1) is 9.60. The molecule has 1 aliphatic heterocycles. The van der Waals surface area contributed by atoms with Crippen molar-refractivity contribution in [3.63, 3.8) is 0 Å². The molecule has 0 amide bonds. The maximum absolute atomic E-state index is 12.8. The van der Waals surface area contributed by atoms with Crippen molar-refractivity contribution in [3.05, 3.63) is 22.3 Å². The van der Waals surface area contributed by atoms with Gasteiger partial charge in [0, 0.05) is 24.6 Å². The van der Waals surface area contributed by atoms with Gasteiger partial charge >= 0.3 is 0 Å². The lowest BCUT2D eigenvalue weighted by molar-refractivity contribution is -0.131. The molecule has 3 rings (SSSR count). The van der Waals surface area contributed by atoms with Crippen LogP contribution in [0.4, 0.5) is 0 Å². The van der Waals surface area contributed by atoms with Crippen LogP contribution in [0.1, 0.15) is 30.5 Å². The number of nitrogens with zero attached hydrogens (tertiary/aromatic N) is 1. The van der Waals surface area contributed by atoms with Gasteiger partial charge < -0.3 is 9.47 Å². The van der Waals surface area contributed by atoms with E-state index in [1.807, 2.05) is 12.3 Å². The summed E-state index contributed by atoms with van der Waals surface area (Å²) in [6, 6.07) is 0. The molecule has 0 radical (unpaired) electrons. The van der Waals surface area contributed by atoms with E-state index in [9.17, 15) is 4.79 Å². The van der Waals surface area contributed by atoms with Gasteiger partial charge in [-0.2, -0.15) is 0 Å². The molecule has 2 aliphatic rings. The van der Waals surface area contributed by atoms with Crippen molar-refractivity contribution in [1.29, 1.82) is 0 Å². The zero-order valence-electron chi connectivity index (χ0n) is 12.0. The van der Waals surface area contributed by atoms with E-state index < -0.39 is 0 Å². The Bertz CT molecular complexity index is 551. The third kappa shape index (κ3) is 2.29. The molecule has 4 nitrogen and oxygen atoms in total. The van der Waals surface area contributed by atoms with E-state index in [1.165, 1.54) is 11.3 Å². The summed E-state index contributed by atoms with van der Waals surface area (Å²) in [5, 5.41) is 2.73. The van der Waals surface area contributed by atoms with Gasteiger partial charge in [-0.25, -0.2) is 4.98 Å². The Labute approximate surface area is 122 Å². The Morgan fingerprint density at radius 2 is 2.25 bits per heavy atom. The predicted molar refractivity (Wildman–Crippen MR) is 77.4 cm³/mol. The molecular weight excluding hydrogens is 274 g/mol. The van der Waals surface area contributed by atoms with Crippen LogP contribution in [0.3, 0.4) is 0 Å².